The fraction of sp³-hybridized carbons (Fsp3) is 0.357. The van der Waals surface area contributed by atoms with Gasteiger partial charge in [-0.25, -0.2) is 4.79 Å². The van der Waals surface area contributed by atoms with E-state index in [1.54, 1.807) is 6.08 Å². The van der Waals surface area contributed by atoms with Crippen LogP contribution in [0.15, 0.2) is 30.4 Å². The second-order valence-electron chi connectivity index (χ2n) is 4.24. The van der Waals surface area contributed by atoms with Gasteiger partial charge in [-0.3, -0.25) is 0 Å². The summed E-state index contributed by atoms with van der Waals surface area (Å²) in [5, 5.41) is 8.45. The summed E-state index contributed by atoms with van der Waals surface area (Å²) < 4.78 is 0. The van der Waals surface area contributed by atoms with E-state index >= 15 is 0 Å². The molecule has 1 aromatic rings. The van der Waals surface area contributed by atoms with Crippen molar-refractivity contribution in [3.63, 3.8) is 0 Å². The minimum absolute atomic E-state index is 0.797. The van der Waals surface area contributed by atoms with Crippen LogP contribution in [-0.2, 0) is 24.1 Å². The number of carboxylic acids is 1. The summed E-state index contributed by atoms with van der Waals surface area (Å²) in [7, 11) is 0. The van der Waals surface area contributed by atoms with Gasteiger partial charge in [-0.2, -0.15) is 0 Å². The SMILES string of the molecule is O=C(O)/C=C/CCc1ccc2c(c1)CCC2. The second-order valence-corrected chi connectivity index (χ2v) is 4.24. The first-order chi connectivity index (χ1) is 7.75. The van der Waals surface area contributed by atoms with E-state index in [-0.39, 0.29) is 0 Å². The molecule has 0 saturated heterocycles. The monoisotopic (exact) mass is 216 g/mol. The Morgan fingerprint density at radius 2 is 2.12 bits per heavy atom. The first-order valence-electron chi connectivity index (χ1n) is 5.76. The lowest BCUT2D eigenvalue weighted by Gasteiger charge is -2.03. The van der Waals surface area contributed by atoms with Crippen LogP contribution in [0.5, 0.6) is 0 Å². The average Bonchev–Trinajstić information content (AvgIpc) is 2.71. The molecule has 0 amide bonds. The molecular weight excluding hydrogens is 200 g/mol. The van der Waals surface area contributed by atoms with Gasteiger partial charge in [-0.05, 0) is 48.8 Å². The summed E-state index contributed by atoms with van der Waals surface area (Å²) in [4.78, 5) is 10.3. The van der Waals surface area contributed by atoms with Crippen molar-refractivity contribution in [1.29, 1.82) is 0 Å². The predicted molar refractivity (Wildman–Crippen MR) is 63.6 cm³/mol. The highest BCUT2D eigenvalue weighted by atomic mass is 16.4. The minimum Gasteiger partial charge on any atom is -0.478 e. The number of aryl methyl sites for hydroxylation is 3. The zero-order chi connectivity index (χ0) is 11.4. The molecule has 0 radical (unpaired) electrons. The fourth-order valence-electron chi connectivity index (χ4n) is 2.21. The highest BCUT2D eigenvalue weighted by molar-refractivity contribution is 5.79. The summed E-state index contributed by atoms with van der Waals surface area (Å²) in [6.07, 6.45) is 8.35. The predicted octanol–water partition coefficient (Wildman–Crippen LogP) is 2.75. The van der Waals surface area contributed by atoms with Crippen LogP contribution in [-0.4, -0.2) is 11.1 Å². The quantitative estimate of drug-likeness (QED) is 0.786. The molecule has 0 fully saturated rings. The Balaban J connectivity index is 1.93. The first-order valence-corrected chi connectivity index (χ1v) is 5.76. The smallest absolute Gasteiger partial charge is 0.327 e. The minimum atomic E-state index is -0.867. The van der Waals surface area contributed by atoms with Gasteiger partial charge < -0.3 is 5.11 Å². The van der Waals surface area contributed by atoms with Gasteiger partial charge in [0.1, 0.15) is 0 Å². The number of hydrogen-bond donors (Lipinski definition) is 1. The molecule has 84 valence electrons. The lowest BCUT2D eigenvalue weighted by molar-refractivity contribution is -0.131. The molecule has 1 aliphatic rings. The Bertz CT molecular complexity index is 419. The number of carbonyl (C=O) groups is 1. The van der Waals surface area contributed by atoms with Crippen molar-refractivity contribution >= 4 is 5.97 Å². The lowest BCUT2D eigenvalue weighted by Crippen LogP contribution is -1.89. The number of hydrogen-bond acceptors (Lipinski definition) is 1. The molecule has 2 rings (SSSR count). The van der Waals surface area contributed by atoms with Crippen molar-refractivity contribution in [1.82, 2.24) is 0 Å². The Morgan fingerprint density at radius 3 is 2.94 bits per heavy atom. The van der Waals surface area contributed by atoms with Crippen molar-refractivity contribution in [2.24, 2.45) is 0 Å². The number of carboxylic acid groups (broad SMARTS) is 1. The van der Waals surface area contributed by atoms with Crippen LogP contribution in [0.1, 0.15) is 29.5 Å². The molecule has 1 aromatic carbocycles. The van der Waals surface area contributed by atoms with E-state index < -0.39 is 5.97 Å². The normalized spacial score (nSPS) is 14.2. The van der Waals surface area contributed by atoms with Crippen LogP contribution in [0, 0.1) is 0 Å². The van der Waals surface area contributed by atoms with E-state index in [0.717, 1.165) is 12.8 Å². The number of rotatable bonds is 4. The Morgan fingerprint density at radius 1 is 1.31 bits per heavy atom. The molecule has 2 nitrogen and oxygen atoms in total. The average molecular weight is 216 g/mol. The third-order valence-corrected chi connectivity index (χ3v) is 3.02. The number of allylic oxidation sites excluding steroid dienone is 1. The summed E-state index contributed by atoms with van der Waals surface area (Å²) in [5.41, 5.74) is 4.29. The maximum Gasteiger partial charge on any atom is 0.327 e. The zero-order valence-electron chi connectivity index (χ0n) is 9.28. The maximum absolute atomic E-state index is 10.3. The molecule has 0 saturated carbocycles. The summed E-state index contributed by atoms with van der Waals surface area (Å²) in [6, 6.07) is 6.66. The topological polar surface area (TPSA) is 37.3 Å². The van der Waals surface area contributed by atoms with Gasteiger partial charge in [-0.1, -0.05) is 24.3 Å². The van der Waals surface area contributed by atoms with Crippen LogP contribution >= 0.6 is 0 Å². The summed E-state index contributed by atoms with van der Waals surface area (Å²) in [6.45, 7) is 0. The van der Waals surface area contributed by atoms with Crippen LogP contribution < -0.4 is 0 Å². The summed E-state index contributed by atoms with van der Waals surface area (Å²) >= 11 is 0. The number of aliphatic carboxylic acids is 1. The van der Waals surface area contributed by atoms with E-state index in [0.29, 0.717) is 0 Å². The van der Waals surface area contributed by atoms with Gasteiger partial charge in [0, 0.05) is 6.08 Å². The molecule has 1 aliphatic carbocycles. The Kier molecular flexibility index (Phi) is 3.40. The van der Waals surface area contributed by atoms with E-state index in [4.69, 9.17) is 5.11 Å². The van der Waals surface area contributed by atoms with Gasteiger partial charge in [0.2, 0.25) is 0 Å². The molecule has 0 heterocycles. The summed E-state index contributed by atoms with van der Waals surface area (Å²) in [5.74, 6) is -0.867. The molecule has 0 spiro atoms. The molecule has 1 N–H and O–H groups in total. The Labute approximate surface area is 95.6 Å². The molecule has 0 atom stereocenters. The van der Waals surface area contributed by atoms with Gasteiger partial charge in [-0.15, -0.1) is 0 Å². The van der Waals surface area contributed by atoms with Crippen molar-refractivity contribution in [2.75, 3.05) is 0 Å². The second kappa shape index (κ2) is 4.97. The third kappa shape index (κ3) is 2.72. The van der Waals surface area contributed by atoms with Crippen molar-refractivity contribution in [3.8, 4) is 0 Å². The maximum atomic E-state index is 10.3. The first kappa shape index (κ1) is 10.9. The number of fused-ring (bicyclic) bond motifs is 1. The highest BCUT2D eigenvalue weighted by Gasteiger charge is 2.10. The van der Waals surface area contributed by atoms with Crippen molar-refractivity contribution in [3.05, 3.63) is 47.0 Å². The number of benzene rings is 1. The molecule has 0 bridgehead atoms. The van der Waals surface area contributed by atoms with E-state index in [1.807, 2.05) is 0 Å². The van der Waals surface area contributed by atoms with Gasteiger partial charge >= 0.3 is 5.97 Å². The molecule has 0 aliphatic heterocycles. The third-order valence-electron chi connectivity index (χ3n) is 3.02. The molecule has 16 heavy (non-hydrogen) atoms. The van der Waals surface area contributed by atoms with E-state index in [9.17, 15) is 4.79 Å². The molecule has 2 heteroatoms. The highest BCUT2D eigenvalue weighted by Crippen LogP contribution is 2.23. The van der Waals surface area contributed by atoms with Crippen molar-refractivity contribution in [2.45, 2.75) is 32.1 Å². The molecule has 0 unspecified atom stereocenters. The van der Waals surface area contributed by atoms with Crippen LogP contribution in [0.4, 0.5) is 0 Å². The van der Waals surface area contributed by atoms with Crippen LogP contribution in [0.3, 0.4) is 0 Å². The zero-order valence-corrected chi connectivity index (χ0v) is 9.28. The largest absolute Gasteiger partial charge is 0.478 e. The van der Waals surface area contributed by atoms with Gasteiger partial charge in [0.15, 0.2) is 0 Å². The van der Waals surface area contributed by atoms with Gasteiger partial charge in [0.25, 0.3) is 0 Å². The lowest BCUT2D eigenvalue weighted by atomic mass is 10.0. The Hall–Kier alpha value is -1.57. The van der Waals surface area contributed by atoms with Crippen LogP contribution in [0.25, 0.3) is 0 Å². The van der Waals surface area contributed by atoms with Crippen molar-refractivity contribution < 1.29 is 9.90 Å². The molecule has 0 aromatic heterocycles. The van der Waals surface area contributed by atoms with E-state index in [2.05, 4.69) is 18.2 Å². The fourth-order valence-corrected chi connectivity index (χ4v) is 2.21. The standard InChI is InChI=1S/C14H16O2/c15-14(16)7-2-1-4-11-8-9-12-5-3-6-13(12)10-11/h2,7-10H,1,3-6H2,(H,15,16)/b7-2+. The van der Waals surface area contributed by atoms with Gasteiger partial charge in [0.05, 0.1) is 0 Å². The van der Waals surface area contributed by atoms with E-state index in [1.165, 1.54) is 42.0 Å². The molecular formula is C14H16O2. The van der Waals surface area contributed by atoms with Crippen LogP contribution in [0.2, 0.25) is 0 Å².